The van der Waals surface area contributed by atoms with Crippen LogP contribution in [-0.2, 0) is 16.0 Å². The van der Waals surface area contributed by atoms with Gasteiger partial charge < -0.3 is 41.0 Å². The van der Waals surface area contributed by atoms with Gasteiger partial charge in [-0.15, -0.1) is 0 Å². The van der Waals surface area contributed by atoms with Crippen LogP contribution in [0.4, 0.5) is 0 Å². The van der Waals surface area contributed by atoms with Crippen LogP contribution in [0, 0.1) is 0 Å². The van der Waals surface area contributed by atoms with Gasteiger partial charge in [0.2, 0.25) is 0 Å². The molecule has 0 aliphatic carbocycles. The molecular formula is C17H22N2O7. The number of aliphatic carboxylic acids is 1. The van der Waals surface area contributed by atoms with Gasteiger partial charge in [-0.2, -0.15) is 0 Å². The van der Waals surface area contributed by atoms with Crippen LogP contribution in [0.15, 0.2) is 24.3 Å². The van der Waals surface area contributed by atoms with Gasteiger partial charge in [0.05, 0.1) is 12.3 Å². The fourth-order valence-electron chi connectivity index (χ4n) is 3.33. The minimum absolute atomic E-state index is 0.0241. The third kappa shape index (κ3) is 3.20. The summed E-state index contributed by atoms with van der Waals surface area (Å²) in [5, 5.41) is 49.6. The molecule has 9 heteroatoms. The first-order chi connectivity index (χ1) is 12.3. The zero-order chi connectivity index (χ0) is 19.0. The van der Waals surface area contributed by atoms with Gasteiger partial charge in [0.15, 0.2) is 0 Å². The van der Waals surface area contributed by atoms with Gasteiger partial charge in [0.1, 0.15) is 36.6 Å². The average molecular weight is 366 g/mol. The average Bonchev–Trinajstić information content (AvgIpc) is 2.98. The third-order valence-electron chi connectivity index (χ3n) is 4.76. The Morgan fingerprint density at radius 1 is 1.19 bits per heavy atom. The number of carboxylic acid groups (broad SMARTS) is 1. The van der Waals surface area contributed by atoms with E-state index in [9.17, 15) is 25.2 Å². The number of para-hydroxylation sites is 1. The lowest BCUT2D eigenvalue weighted by Crippen LogP contribution is -2.55. The summed E-state index contributed by atoms with van der Waals surface area (Å²) >= 11 is 0. The largest absolute Gasteiger partial charge is 0.480 e. The highest BCUT2D eigenvalue weighted by Gasteiger charge is 2.45. The summed E-state index contributed by atoms with van der Waals surface area (Å²) < 4.78 is 5.60. The van der Waals surface area contributed by atoms with Crippen molar-refractivity contribution < 1.29 is 35.1 Å². The summed E-state index contributed by atoms with van der Waals surface area (Å²) in [4.78, 5) is 14.3. The number of aliphatic hydroxyl groups is 4. The lowest BCUT2D eigenvalue weighted by atomic mass is 9.90. The van der Waals surface area contributed by atoms with Crippen LogP contribution in [0.2, 0.25) is 0 Å². The molecule has 1 aromatic carbocycles. The van der Waals surface area contributed by atoms with E-state index in [1.807, 2.05) is 0 Å². The normalized spacial score (nSPS) is 30.4. The molecule has 6 atom stereocenters. The number of rotatable bonds is 5. The number of benzene rings is 1. The van der Waals surface area contributed by atoms with Crippen molar-refractivity contribution in [2.75, 3.05) is 6.61 Å². The van der Waals surface area contributed by atoms with Gasteiger partial charge in [-0.1, -0.05) is 18.2 Å². The van der Waals surface area contributed by atoms with E-state index in [0.29, 0.717) is 16.8 Å². The van der Waals surface area contributed by atoms with Gasteiger partial charge in [0, 0.05) is 17.3 Å². The molecule has 0 radical (unpaired) electrons. The molecule has 1 saturated heterocycles. The van der Waals surface area contributed by atoms with Crippen molar-refractivity contribution >= 4 is 16.9 Å². The summed E-state index contributed by atoms with van der Waals surface area (Å²) in [6.45, 7) is -0.550. The highest BCUT2D eigenvalue weighted by Crippen LogP contribution is 2.36. The van der Waals surface area contributed by atoms with Crippen molar-refractivity contribution in [3.63, 3.8) is 0 Å². The SMILES string of the molecule is NC(Cc1c([C@H]2O[C@H](CO)[C@@H](O)[C@H](O)[C@@H]2O)[nH]c2ccccc12)C(=O)O. The zero-order valence-corrected chi connectivity index (χ0v) is 13.8. The van der Waals surface area contributed by atoms with Gasteiger partial charge >= 0.3 is 5.97 Å². The predicted octanol–water partition coefficient (Wildman–Crippen LogP) is -1.36. The molecule has 3 rings (SSSR count). The fraction of sp³-hybridized carbons (Fsp3) is 0.471. The Morgan fingerprint density at radius 2 is 1.88 bits per heavy atom. The molecule has 0 spiro atoms. The van der Waals surface area contributed by atoms with E-state index >= 15 is 0 Å². The van der Waals surface area contributed by atoms with Crippen LogP contribution in [0.3, 0.4) is 0 Å². The minimum atomic E-state index is -1.53. The standard InChI is InChI=1S/C17H22N2O7/c18-9(17(24)25)5-8-7-3-1-2-4-10(7)19-12(8)16-15(23)14(22)13(21)11(6-20)26-16/h1-4,9,11,13-16,19-23H,5-6,18H2,(H,24,25)/t9?,11-,13-,14+,15+,16-/m1/s1. The molecule has 2 heterocycles. The number of carboxylic acids is 1. The van der Waals surface area contributed by atoms with E-state index in [2.05, 4.69) is 4.98 Å². The summed E-state index contributed by atoms with van der Waals surface area (Å²) in [6, 6.07) is 5.96. The molecule has 26 heavy (non-hydrogen) atoms. The number of nitrogens with one attached hydrogen (secondary N) is 1. The number of fused-ring (bicyclic) bond motifs is 1. The minimum Gasteiger partial charge on any atom is -0.480 e. The molecule has 1 aliphatic heterocycles. The number of carbonyl (C=O) groups is 1. The van der Waals surface area contributed by atoms with E-state index in [-0.39, 0.29) is 6.42 Å². The Morgan fingerprint density at radius 3 is 2.54 bits per heavy atom. The Labute approximate surface area is 148 Å². The van der Waals surface area contributed by atoms with E-state index in [1.165, 1.54) is 0 Å². The van der Waals surface area contributed by atoms with E-state index in [4.69, 9.17) is 15.6 Å². The second-order valence-electron chi connectivity index (χ2n) is 6.46. The lowest BCUT2D eigenvalue weighted by molar-refractivity contribution is -0.232. The van der Waals surface area contributed by atoms with Crippen molar-refractivity contribution in [1.29, 1.82) is 0 Å². The Kier molecular flexibility index (Phi) is 5.28. The van der Waals surface area contributed by atoms with Crippen molar-refractivity contribution in [2.45, 2.75) is 43.0 Å². The Balaban J connectivity index is 2.07. The molecular weight excluding hydrogens is 344 g/mol. The molecule has 1 fully saturated rings. The highest BCUT2D eigenvalue weighted by atomic mass is 16.5. The molecule has 0 bridgehead atoms. The first-order valence-corrected chi connectivity index (χ1v) is 8.23. The number of aromatic amines is 1. The van der Waals surface area contributed by atoms with Crippen molar-refractivity contribution in [3.05, 3.63) is 35.5 Å². The fourth-order valence-corrected chi connectivity index (χ4v) is 3.33. The second kappa shape index (κ2) is 7.31. The summed E-state index contributed by atoms with van der Waals surface area (Å²) in [5.41, 5.74) is 7.28. The van der Waals surface area contributed by atoms with E-state index < -0.39 is 49.1 Å². The number of nitrogens with two attached hydrogens (primary N) is 1. The monoisotopic (exact) mass is 366 g/mol. The van der Waals surface area contributed by atoms with Gasteiger partial charge in [-0.05, 0) is 11.6 Å². The zero-order valence-electron chi connectivity index (χ0n) is 13.8. The quantitative estimate of drug-likeness (QED) is 0.340. The topological polar surface area (TPSA) is 169 Å². The summed E-state index contributed by atoms with van der Waals surface area (Å²) in [7, 11) is 0. The van der Waals surface area contributed by atoms with Gasteiger partial charge in [-0.3, -0.25) is 4.79 Å². The van der Waals surface area contributed by atoms with Crippen molar-refractivity contribution in [2.24, 2.45) is 5.73 Å². The second-order valence-corrected chi connectivity index (χ2v) is 6.46. The molecule has 2 aromatic rings. The van der Waals surface area contributed by atoms with Crippen LogP contribution in [0.5, 0.6) is 0 Å². The molecule has 9 nitrogen and oxygen atoms in total. The van der Waals surface area contributed by atoms with Crippen LogP contribution >= 0.6 is 0 Å². The van der Waals surface area contributed by atoms with Crippen LogP contribution in [0.1, 0.15) is 17.4 Å². The molecule has 0 saturated carbocycles. The maximum absolute atomic E-state index is 11.2. The number of ether oxygens (including phenoxy) is 1. The molecule has 1 unspecified atom stereocenters. The van der Waals surface area contributed by atoms with Crippen molar-refractivity contribution in [3.8, 4) is 0 Å². The van der Waals surface area contributed by atoms with Crippen LogP contribution in [-0.4, -0.2) is 73.6 Å². The maximum Gasteiger partial charge on any atom is 0.320 e. The Hall–Kier alpha value is -2.01. The first-order valence-electron chi connectivity index (χ1n) is 8.23. The van der Waals surface area contributed by atoms with E-state index in [0.717, 1.165) is 5.39 Å². The number of aliphatic hydroxyl groups excluding tert-OH is 4. The smallest absolute Gasteiger partial charge is 0.320 e. The maximum atomic E-state index is 11.2. The highest BCUT2D eigenvalue weighted by molar-refractivity contribution is 5.86. The summed E-state index contributed by atoms with van der Waals surface area (Å²) in [6.07, 6.45) is -6.65. The van der Waals surface area contributed by atoms with Crippen LogP contribution in [0.25, 0.3) is 10.9 Å². The molecule has 142 valence electrons. The molecule has 1 aliphatic rings. The molecule has 8 N–H and O–H groups in total. The number of aromatic nitrogens is 1. The number of hydrogen-bond donors (Lipinski definition) is 7. The summed E-state index contributed by atoms with van der Waals surface area (Å²) in [5.74, 6) is -1.17. The predicted molar refractivity (Wildman–Crippen MR) is 90.3 cm³/mol. The van der Waals surface area contributed by atoms with Gasteiger partial charge in [0.25, 0.3) is 0 Å². The molecule has 0 amide bonds. The Bertz CT molecular complexity index is 791. The number of H-pyrrole nitrogens is 1. The van der Waals surface area contributed by atoms with Crippen LogP contribution < -0.4 is 5.73 Å². The third-order valence-corrected chi connectivity index (χ3v) is 4.76. The van der Waals surface area contributed by atoms with Crippen molar-refractivity contribution in [1.82, 2.24) is 4.98 Å². The molecule has 1 aromatic heterocycles. The lowest BCUT2D eigenvalue weighted by Gasteiger charge is -2.40. The van der Waals surface area contributed by atoms with Gasteiger partial charge in [-0.25, -0.2) is 0 Å². The first kappa shape index (κ1) is 18.8. The number of hydrogen-bond acceptors (Lipinski definition) is 7. The van der Waals surface area contributed by atoms with E-state index in [1.54, 1.807) is 24.3 Å².